The van der Waals surface area contributed by atoms with Crippen LogP contribution in [0.2, 0.25) is 0 Å². The average Bonchev–Trinajstić information content (AvgIpc) is 2.89. The van der Waals surface area contributed by atoms with Crippen molar-refractivity contribution < 1.29 is 4.79 Å². The number of rotatable bonds is 4. The summed E-state index contributed by atoms with van der Waals surface area (Å²) in [5.74, 6) is 0.466. The Kier molecular flexibility index (Phi) is 4.13. The molecule has 2 aliphatic rings. The third-order valence-electron chi connectivity index (χ3n) is 4.21. The van der Waals surface area contributed by atoms with E-state index in [1.54, 1.807) is 0 Å². The van der Waals surface area contributed by atoms with Crippen molar-refractivity contribution in [1.29, 1.82) is 0 Å². The molecule has 1 amide bonds. The summed E-state index contributed by atoms with van der Waals surface area (Å²) < 4.78 is 0.751. The molecule has 20 heavy (non-hydrogen) atoms. The number of nitrogens with zero attached hydrogens (tertiary/aromatic N) is 3. The zero-order valence-corrected chi connectivity index (χ0v) is 13.0. The van der Waals surface area contributed by atoms with Crippen LogP contribution in [-0.2, 0) is 4.79 Å². The second-order valence-electron chi connectivity index (χ2n) is 5.48. The Hall–Kier alpha value is -0.860. The lowest BCUT2D eigenvalue weighted by atomic mass is 9.98. The van der Waals surface area contributed by atoms with E-state index >= 15 is 0 Å². The van der Waals surface area contributed by atoms with Gasteiger partial charge in [0.1, 0.15) is 0 Å². The van der Waals surface area contributed by atoms with Crippen LogP contribution in [0.3, 0.4) is 0 Å². The molecule has 2 aliphatic heterocycles. The van der Waals surface area contributed by atoms with Gasteiger partial charge in [-0.3, -0.25) is 4.79 Å². The minimum absolute atomic E-state index is 0.0812. The van der Waals surface area contributed by atoms with E-state index in [1.807, 2.05) is 0 Å². The van der Waals surface area contributed by atoms with E-state index in [0.717, 1.165) is 17.2 Å². The quantitative estimate of drug-likeness (QED) is 0.805. The Morgan fingerprint density at radius 1 is 1.45 bits per heavy atom. The number of hydrogen-bond acceptors (Lipinski definition) is 7. The number of nitrogens with two attached hydrogens (primary N) is 1. The number of nitrogen functional groups attached to an aromatic ring is 1. The third kappa shape index (κ3) is 3.07. The van der Waals surface area contributed by atoms with E-state index in [4.69, 9.17) is 5.73 Å². The smallest absolute Gasteiger partial charge is 0.230 e. The molecule has 0 saturated carbocycles. The van der Waals surface area contributed by atoms with Gasteiger partial charge in [-0.25, -0.2) is 0 Å². The van der Waals surface area contributed by atoms with E-state index in [9.17, 15) is 4.79 Å². The van der Waals surface area contributed by atoms with Crippen molar-refractivity contribution in [3.63, 3.8) is 0 Å². The molecule has 0 spiro atoms. The highest BCUT2D eigenvalue weighted by Crippen LogP contribution is 2.34. The molecule has 3 N–H and O–H groups in total. The van der Waals surface area contributed by atoms with Crippen LogP contribution in [0.4, 0.5) is 5.13 Å². The number of nitrogens with one attached hydrogen (secondary N) is 1. The Morgan fingerprint density at radius 2 is 2.15 bits per heavy atom. The van der Waals surface area contributed by atoms with Crippen molar-refractivity contribution >= 4 is 34.1 Å². The molecule has 110 valence electrons. The van der Waals surface area contributed by atoms with E-state index in [1.165, 1.54) is 35.9 Å². The van der Waals surface area contributed by atoms with Crippen molar-refractivity contribution in [3.8, 4) is 0 Å². The van der Waals surface area contributed by atoms with Crippen LogP contribution in [-0.4, -0.2) is 51.9 Å². The second-order valence-corrected chi connectivity index (χ2v) is 7.71. The zero-order valence-electron chi connectivity index (χ0n) is 11.4. The van der Waals surface area contributed by atoms with Crippen LogP contribution in [0.25, 0.3) is 0 Å². The SMILES string of the molecule is CN1C2CCC1CC(NC(=O)CSc1nnc(N)s1)C2. The van der Waals surface area contributed by atoms with Gasteiger partial charge in [-0.1, -0.05) is 23.1 Å². The lowest BCUT2D eigenvalue weighted by Crippen LogP contribution is -2.49. The maximum absolute atomic E-state index is 12.0. The van der Waals surface area contributed by atoms with Crippen molar-refractivity contribution in [2.45, 2.75) is 48.1 Å². The maximum atomic E-state index is 12.0. The van der Waals surface area contributed by atoms with Gasteiger partial charge in [-0.2, -0.15) is 0 Å². The van der Waals surface area contributed by atoms with Gasteiger partial charge in [-0.05, 0) is 32.7 Å². The molecule has 1 aromatic rings. The van der Waals surface area contributed by atoms with Gasteiger partial charge in [0.05, 0.1) is 5.75 Å². The number of piperidine rings is 1. The van der Waals surface area contributed by atoms with Gasteiger partial charge >= 0.3 is 0 Å². The zero-order chi connectivity index (χ0) is 14.1. The highest BCUT2D eigenvalue weighted by atomic mass is 32.2. The number of hydrogen-bond donors (Lipinski definition) is 2. The first kappa shape index (κ1) is 14.1. The molecule has 2 atom stereocenters. The molecule has 0 aromatic carbocycles. The fraction of sp³-hybridized carbons (Fsp3) is 0.750. The lowest BCUT2D eigenvalue weighted by Gasteiger charge is -2.36. The topological polar surface area (TPSA) is 84.1 Å². The van der Waals surface area contributed by atoms with Crippen LogP contribution < -0.4 is 11.1 Å². The summed E-state index contributed by atoms with van der Waals surface area (Å²) in [6.07, 6.45) is 4.70. The van der Waals surface area contributed by atoms with Crippen LogP contribution in [0.15, 0.2) is 4.34 Å². The predicted molar refractivity (Wildman–Crippen MR) is 80.8 cm³/mol. The van der Waals surface area contributed by atoms with E-state index in [-0.39, 0.29) is 5.91 Å². The number of fused-ring (bicyclic) bond motifs is 2. The highest BCUT2D eigenvalue weighted by Gasteiger charge is 2.38. The number of amides is 1. The molecule has 1 aromatic heterocycles. The van der Waals surface area contributed by atoms with E-state index in [0.29, 0.717) is 29.0 Å². The fourth-order valence-corrected chi connectivity index (χ4v) is 4.65. The molecule has 3 rings (SSSR count). The second kappa shape index (κ2) is 5.87. The number of anilines is 1. The summed E-state index contributed by atoms with van der Waals surface area (Å²) in [7, 11) is 2.20. The van der Waals surface area contributed by atoms with Gasteiger partial charge < -0.3 is 16.0 Å². The Labute approximate surface area is 126 Å². The molecule has 2 bridgehead atoms. The predicted octanol–water partition coefficient (Wildman–Crippen LogP) is 0.954. The molecule has 2 saturated heterocycles. The van der Waals surface area contributed by atoms with Gasteiger partial charge in [0.15, 0.2) is 4.34 Å². The molecule has 8 heteroatoms. The molecular formula is C12H19N5OS2. The third-order valence-corrected chi connectivity index (χ3v) is 6.10. The fourth-order valence-electron chi connectivity index (χ4n) is 3.20. The summed E-state index contributed by atoms with van der Waals surface area (Å²) in [6.45, 7) is 0. The molecular weight excluding hydrogens is 294 g/mol. The number of aromatic nitrogens is 2. The van der Waals surface area contributed by atoms with Crippen molar-refractivity contribution in [2.75, 3.05) is 18.5 Å². The minimum atomic E-state index is 0.0812. The number of carbonyl (C=O) groups excluding carboxylic acids is 1. The van der Waals surface area contributed by atoms with Crippen molar-refractivity contribution in [1.82, 2.24) is 20.4 Å². The summed E-state index contributed by atoms with van der Waals surface area (Å²) in [4.78, 5) is 14.5. The van der Waals surface area contributed by atoms with Gasteiger partial charge in [0, 0.05) is 18.1 Å². The standard InChI is InChI=1S/C12H19N5OS2/c1-17-8-2-3-9(17)5-7(4-8)14-10(18)6-19-12-16-15-11(13)20-12/h7-9H,2-6H2,1H3,(H2,13,15)(H,14,18). The molecule has 2 fully saturated rings. The van der Waals surface area contributed by atoms with Gasteiger partial charge in [-0.15, -0.1) is 10.2 Å². The van der Waals surface area contributed by atoms with Gasteiger partial charge in [0.25, 0.3) is 0 Å². The largest absolute Gasteiger partial charge is 0.374 e. The first-order chi connectivity index (χ1) is 9.61. The monoisotopic (exact) mass is 313 g/mol. The summed E-state index contributed by atoms with van der Waals surface area (Å²) >= 11 is 2.72. The van der Waals surface area contributed by atoms with Crippen LogP contribution in [0.5, 0.6) is 0 Å². The summed E-state index contributed by atoms with van der Waals surface area (Å²) in [6, 6.07) is 1.63. The number of thioether (sulfide) groups is 1. The van der Waals surface area contributed by atoms with Crippen molar-refractivity contribution in [3.05, 3.63) is 0 Å². The van der Waals surface area contributed by atoms with Crippen molar-refractivity contribution in [2.24, 2.45) is 0 Å². The minimum Gasteiger partial charge on any atom is -0.374 e. The van der Waals surface area contributed by atoms with Gasteiger partial charge in [0.2, 0.25) is 11.0 Å². The first-order valence-corrected chi connectivity index (χ1v) is 8.65. The Balaban J connectivity index is 1.45. The molecule has 2 unspecified atom stereocenters. The van der Waals surface area contributed by atoms with Crippen LogP contribution in [0.1, 0.15) is 25.7 Å². The molecule has 3 heterocycles. The normalized spacial score (nSPS) is 29.6. The Bertz CT molecular complexity index is 480. The van der Waals surface area contributed by atoms with E-state index < -0.39 is 0 Å². The first-order valence-electron chi connectivity index (χ1n) is 6.85. The summed E-state index contributed by atoms with van der Waals surface area (Å²) in [5, 5.41) is 11.2. The van der Waals surface area contributed by atoms with E-state index in [2.05, 4.69) is 27.5 Å². The molecule has 0 aliphatic carbocycles. The molecule has 0 radical (unpaired) electrons. The van der Waals surface area contributed by atoms with Crippen LogP contribution >= 0.6 is 23.1 Å². The number of carbonyl (C=O) groups is 1. The highest BCUT2D eigenvalue weighted by molar-refractivity contribution is 8.01. The lowest BCUT2D eigenvalue weighted by molar-refractivity contribution is -0.119. The summed E-state index contributed by atoms with van der Waals surface area (Å²) in [5.41, 5.74) is 5.51. The Morgan fingerprint density at radius 3 is 2.75 bits per heavy atom. The average molecular weight is 313 g/mol. The molecule has 6 nitrogen and oxygen atoms in total. The maximum Gasteiger partial charge on any atom is 0.230 e. The van der Waals surface area contributed by atoms with Crippen LogP contribution in [0, 0.1) is 0 Å².